The SMILES string of the molecule is CC(C)(C)NC(=O)c1c[nH]c2ncc(Br)nc12.Cc1ccc2c(-c3cnc4[nH]cc(C(=O)NC(C)(C)C)c4n3)nn(CCCN(C)C)c2c1.Cc1ccc2c(C)nn(CCCN(C)C)c2c1.Cl. The molecule has 0 aliphatic carbocycles. The molecule has 4 N–H and O–H groups in total. The molecule has 0 unspecified atom stereocenters. The highest BCUT2D eigenvalue weighted by molar-refractivity contribution is 9.10. The van der Waals surface area contributed by atoms with Gasteiger partial charge in [0.25, 0.3) is 11.8 Å². The van der Waals surface area contributed by atoms with Gasteiger partial charge >= 0.3 is 0 Å². The van der Waals surface area contributed by atoms with Crippen LogP contribution in [0.15, 0.2) is 65.8 Å². The summed E-state index contributed by atoms with van der Waals surface area (Å²) < 4.78 is 4.80. The quantitative estimate of drug-likeness (QED) is 0.0976. The number of amides is 2. The van der Waals surface area contributed by atoms with Crippen LogP contribution < -0.4 is 10.6 Å². The summed E-state index contributed by atoms with van der Waals surface area (Å²) in [6, 6.07) is 12.9. The van der Waals surface area contributed by atoms with Crippen LogP contribution in [0.1, 0.15) is 91.9 Å². The fraction of sp³-hybridized carbons (Fsp3) is 0.429. The molecule has 67 heavy (non-hydrogen) atoms. The average molecular weight is 999 g/mol. The lowest BCUT2D eigenvalue weighted by atomic mass is 10.1. The maximum absolute atomic E-state index is 12.8. The molecule has 0 aliphatic heterocycles. The number of halogens is 2. The second-order valence-corrected chi connectivity index (χ2v) is 20.2. The van der Waals surface area contributed by atoms with Crippen molar-refractivity contribution in [3.8, 4) is 11.4 Å². The minimum Gasteiger partial charge on any atom is -0.347 e. The van der Waals surface area contributed by atoms with Crippen LogP contribution in [0.5, 0.6) is 0 Å². The Labute approximate surface area is 407 Å². The van der Waals surface area contributed by atoms with Gasteiger partial charge in [-0.05, 0) is 156 Å². The Bertz CT molecular complexity index is 2970. The maximum Gasteiger partial charge on any atom is 0.255 e. The van der Waals surface area contributed by atoms with E-state index in [1.807, 2.05) is 41.5 Å². The molecule has 0 saturated carbocycles. The molecule has 0 radical (unpaired) electrons. The van der Waals surface area contributed by atoms with Gasteiger partial charge in [0.15, 0.2) is 11.3 Å². The summed E-state index contributed by atoms with van der Waals surface area (Å²) in [5.41, 5.74) is 10.1. The number of carbonyl (C=O) groups excluding carboxylic acids is 2. The summed E-state index contributed by atoms with van der Waals surface area (Å²) in [4.78, 5) is 52.9. The van der Waals surface area contributed by atoms with E-state index in [2.05, 4.69) is 161 Å². The minimum atomic E-state index is -0.342. The van der Waals surface area contributed by atoms with Gasteiger partial charge in [0.1, 0.15) is 27.0 Å². The number of aromatic amines is 2. The standard InChI is InChI=1S/C24H31N7O.C14H21N3.C11H13BrN4O.ClH/c1-15-8-9-16-19(12-15)31(11-7-10-30(5)6)29-20(16)18-14-26-22-21(27-18)17(13-25-22)23(32)28-24(2,3)4;1-11-6-7-13-12(2)15-17(14(13)10-11)9-5-8-16(3)4;1-11(2,3)16-10(17)6-4-13-9-8(6)15-7(12)5-14-9;/h8-9,12-14H,7,10-11H2,1-6H3,(H,25,26)(H,28,32);6-7,10H,5,8-9H2,1-4H3;4-5H,1-3H3,(H,13,14)(H,16,17);1H. The predicted molar refractivity (Wildman–Crippen MR) is 276 cm³/mol. The van der Waals surface area contributed by atoms with Crippen LogP contribution in [0.4, 0.5) is 0 Å². The number of carbonyl (C=O) groups is 2. The van der Waals surface area contributed by atoms with Gasteiger partial charge in [-0.1, -0.05) is 24.3 Å². The lowest BCUT2D eigenvalue weighted by molar-refractivity contribution is 0.0911. The summed E-state index contributed by atoms with van der Waals surface area (Å²) in [5, 5.41) is 17.7. The van der Waals surface area contributed by atoms with Crippen LogP contribution in [0, 0.1) is 20.8 Å². The molecule has 18 heteroatoms. The first-order valence-electron chi connectivity index (χ1n) is 22.3. The minimum absolute atomic E-state index is 0. The highest BCUT2D eigenvalue weighted by Gasteiger charge is 2.22. The van der Waals surface area contributed by atoms with E-state index < -0.39 is 0 Å². The van der Waals surface area contributed by atoms with Gasteiger partial charge in [0.05, 0.1) is 40.2 Å². The van der Waals surface area contributed by atoms with Crippen molar-refractivity contribution >= 4 is 84.3 Å². The second-order valence-electron chi connectivity index (χ2n) is 19.4. The summed E-state index contributed by atoms with van der Waals surface area (Å²) in [6.45, 7) is 21.9. The van der Waals surface area contributed by atoms with E-state index in [1.54, 1.807) is 24.8 Å². The molecule has 0 saturated heterocycles. The number of aryl methyl sites for hydroxylation is 5. The Balaban J connectivity index is 0.000000204. The van der Waals surface area contributed by atoms with Gasteiger partial charge in [-0.25, -0.2) is 19.9 Å². The lowest BCUT2D eigenvalue weighted by Gasteiger charge is -2.20. The van der Waals surface area contributed by atoms with Gasteiger partial charge in [-0.2, -0.15) is 10.2 Å². The molecular formula is C49H66BrClN14O2. The van der Waals surface area contributed by atoms with Crippen molar-refractivity contribution in [1.82, 2.24) is 69.9 Å². The summed E-state index contributed by atoms with van der Waals surface area (Å²) in [5.74, 6) is -0.332. The topological polar surface area (TPSA) is 183 Å². The first-order valence-corrected chi connectivity index (χ1v) is 23.1. The van der Waals surface area contributed by atoms with E-state index in [-0.39, 0.29) is 35.3 Å². The summed E-state index contributed by atoms with van der Waals surface area (Å²) in [7, 11) is 8.37. The number of benzene rings is 2. The van der Waals surface area contributed by atoms with Crippen LogP contribution in [0.3, 0.4) is 0 Å². The highest BCUT2D eigenvalue weighted by Crippen LogP contribution is 2.29. The van der Waals surface area contributed by atoms with E-state index in [4.69, 9.17) is 10.1 Å². The molecule has 0 aliphatic rings. The number of hydrogen-bond acceptors (Lipinski definition) is 10. The van der Waals surface area contributed by atoms with Gasteiger partial charge in [-0.3, -0.25) is 19.0 Å². The molecule has 0 bridgehead atoms. The van der Waals surface area contributed by atoms with Crippen molar-refractivity contribution in [2.75, 3.05) is 41.3 Å². The molecule has 6 aromatic heterocycles. The van der Waals surface area contributed by atoms with Gasteiger partial charge < -0.3 is 30.4 Å². The fourth-order valence-corrected chi connectivity index (χ4v) is 7.65. The van der Waals surface area contributed by atoms with Crippen molar-refractivity contribution in [1.29, 1.82) is 0 Å². The highest BCUT2D eigenvalue weighted by atomic mass is 79.9. The molecule has 0 fully saturated rings. The van der Waals surface area contributed by atoms with E-state index >= 15 is 0 Å². The zero-order chi connectivity index (χ0) is 48.1. The number of rotatable bonds is 11. The Kier molecular flexibility index (Phi) is 17.1. The number of aromatic nitrogens is 10. The van der Waals surface area contributed by atoms with E-state index in [9.17, 15) is 9.59 Å². The zero-order valence-corrected chi connectivity index (χ0v) is 43.5. The number of fused-ring (bicyclic) bond motifs is 4. The Morgan fingerprint density at radius 2 is 1.13 bits per heavy atom. The van der Waals surface area contributed by atoms with Crippen molar-refractivity contribution in [3.63, 3.8) is 0 Å². The molecule has 16 nitrogen and oxygen atoms in total. The molecule has 358 valence electrons. The van der Waals surface area contributed by atoms with Crippen LogP contribution in [-0.4, -0.2) is 123 Å². The molecule has 2 aromatic carbocycles. The first-order chi connectivity index (χ1) is 31.1. The monoisotopic (exact) mass is 996 g/mol. The number of nitrogens with zero attached hydrogens (tertiary/aromatic N) is 10. The predicted octanol–water partition coefficient (Wildman–Crippen LogP) is 9.04. The van der Waals surface area contributed by atoms with E-state index in [0.29, 0.717) is 43.8 Å². The smallest absolute Gasteiger partial charge is 0.255 e. The first kappa shape index (κ1) is 52.2. The van der Waals surface area contributed by atoms with Gasteiger partial charge in [0, 0.05) is 47.3 Å². The third kappa shape index (κ3) is 13.7. The van der Waals surface area contributed by atoms with Crippen molar-refractivity contribution in [2.24, 2.45) is 0 Å². The normalized spacial score (nSPS) is 11.8. The van der Waals surface area contributed by atoms with Crippen LogP contribution in [0.2, 0.25) is 0 Å². The molecule has 8 aromatic rings. The van der Waals surface area contributed by atoms with E-state index in [0.717, 1.165) is 61.3 Å². The lowest BCUT2D eigenvalue weighted by Crippen LogP contribution is -2.40. The van der Waals surface area contributed by atoms with Crippen molar-refractivity contribution in [3.05, 3.63) is 93.7 Å². The fourth-order valence-electron chi connectivity index (χ4n) is 7.37. The average Bonchev–Trinajstić information content (AvgIpc) is 4.00. The summed E-state index contributed by atoms with van der Waals surface area (Å²) in [6.07, 6.45) is 8.73. The molecule has 2 amide bonds. The van der Waals surface area contributed by atoms with Gasteiger partial charge in [0.2, 0.25) is 0 Å². The zero-order valence-electron chi connectivity index (χ0n) is 41.1. The third-order valence-corrected chi connectivity index (χ3v) is 10.8. The second kappa shape index (κ2) is 21.9. The molecule has 0 atom stereocenters. The molecule has 8 rings (SSSR count). The maximum atomic E-state index is 12.8. The number of hydrogen-bond donors (Lipinski definition) is 4. The van der Waals surface area contributed by atoms with Crippen LogP contribution in [0.25, 0.3) is 55.5 Å². The van der Waals surface area contributed by atoms with Gasteiger partial charge in [-0.15, -0.1) is 12.4 Å². The van der Waals surface area contributed by atoms with E-state index in [1.165, 1.54) is 22.0 Å². The van der Waals surface area contributed by atoms with Crippen molar-refractivity contribution < 1.29 is 9.59 Å². The molecule has 6 heterocycles. The Morgan fingerprint density at radius 3 is 1.64 bits per heavy atom. The van der Waals surface area contributed by atoms with Crippen LogP contribution >= 0.6 is 28.3 Å². The molecular weight excluding hydrogens is 932 g/mol. The number of nitrogens with one attached hydrogen (secondary N) is 4. The Hall–Kier alpha value is -5.75. The Morgan fingerprint density at radius 1 is 0.672 bits per heavy atom. The van der Waals surface area contributed by atoms with Crippen molar-refractivity contribution in [2.45, 2.75) is 99.3 Å². The largest absolute Gasteiger partial charge is 0.347 e. The molecule has 0 spiro atoms. The van der Waals surface area contributed by atoms with Crippen LogP contribution in [-0.2, 0) is 13.1 Å². The summed E-state index contributed by atoms with van der Waals surface area (Å²) >= 11 is 3.24. The third-order valence-electron chi connectivity index (χ3n) is 10.4. The number of H-pyrrole nitrogens is 2.